The zero-order chi connectivity index (χ0) is 13.7. The Balaban J connectivity index is 3.09. The number of aromatic nitrogens is 2. The number of hydrogen-bond donors (Lipinski definition) is 1. The first-order valence-corrected chi connectivity index (χ1v) is 5.14. The molecule has 0 spiro atoms. The minimum atomic E-state index is -1.11. The lowest BCUT2D eigenvalue weighted by atomic mass is 10.0. The Hall–Kier alpha value is -2.31. The summed E-state index contributed by atoms with van der Waals surface area (Å²) < 4.78 is 4.54. The van der Waals surface area contributed by atoms with Gasteiger partial charge in [0.15, 0.2) is 5.92 Å². The predicted molar refractivity (Wildman–Crippen MR) is 61.8 cm³/mol. The van der Waals surface area contributed by atoms with Gasteiger partial charge in [-0.1, -0.05) is 0 Å². The molecule has 1 rings (SSSR count). The standard InChI is InChI=1S/C11H13N3O4/c1-6(15)9(10(17)18-3)8-4-5-12-11(14-8)13-7(2)16/h4-5,9H,1-3H3,(H,12,13,14,16). The zero-order valence-electron chi connectivity index (χ0n) is 10.3. The molecule has 0 bridgehead atoms. The minimum Gasteiger partial charge on any atom is -0.468 e. The highest BCUT2D eigenvalue weighted by molar-refractivity contribution is 6.03. The Kier molecular flexibility index (Phi) is 4.47. The summed E-state index contributed by atoms with van der Waals surface area (Å²) in [4.78, 5) is 41.5. The third kappa shape index (κ3) is 3.34. The van der Waals surface area contributed by atoms with Crippen LogP contribution in [-0.4, -0.2) is 34.7 Å². The number of carbonyl (C=O) groups is 3. The molecule has 0 saturated heterocycles. The van der Waals surface area contributed by atoms with Gasteiger partial charge >= 0.3 is 5.97 Å². The van der Waals surface area contributed by atoms with E-state index in [1.165, 1.54) is 33.2 Å². The quantitative estimate of drug-likeness (QED) is 0.609. The molecule has 0 aliphatic heterocycles. The first-order chi connectivity index (χ1) is 8.45. The summed E-state index contributed by atoms with van der Waals surface area (Å²) in [6, 6.07) is 1.42. The molecule has 7 nitrogen and oxygen atoms in total. The van der Waals surface area contributed by atoms with E-state index in [-0.39, 0.29) is 17.5 Å². The third-order valence-corrected chi connectivity index (χ3v) is 2.10. The summed E-state index contributed by atoms with van der Waals surface area (Å²) in [6.07, 6.45) is 1.35. The largest absolute Gasteiger partial charge is 0.468 e. The van der Waals surface area contributed by atoms with Gasteiger partial charge in [-0.2, -0.15) is 0 Å². The number of hydrogen-bond acceptors (Lipinski definition) is 6. The molecule has 0 aliphatic carbocycles. The molecule has 1 unspecified atom stereocenters. The molecule has 1 heterocycles. The van der Waals surface area contributed by atoms with Crippen molar-refractivity contribution in [3.05, 3.63) is 18.0 Å². The SMILES string of the molecule is COC(=O)C(C(C)=O)c1ccnc(NC(C)=O)n1. The van der Waals surface area contributed by atoms with E-state index in [1.54, 1.807) is 0 Å². The van der Waals surface area contributed by atoms with Crippen molar-refractivity contribution in [1.29, 1.82) is 0 Å². The van der Waals surface area contributed by atoms with Crippen LogP contribution in [0.1, 0.15) is 25.5 Å². The number of ether oxygens (including phenoxy) is 1. The zero-order valence-corrected chi connectivity index (χ0v) is 10.3. The molecular formula is C11H13N3O4. The van der Waals surface area contributed by atoms with Crippen molar-refractivity contribution in [2.24, 2.45) is 0 Å². The van der Waals surface area contributed by atoms with Crippen LogP contribution in [0.4, 0.5) is 5.95 Å². The Morgan fingerprint density at radius 1 is 1.33 bits per heavy atom. The van der Waals surface area contributed by atoms with Crippen LogP contribution in [0.15, 0.2) is 12.3 Å². The first kappa shape index (κ1) is 13.8. The Morgan fingerprint density at radius 3 is 2.50 bits per heavy atom. The smallest absolute Gasteiger partial charge is 0.322 e. The fraction of sp³-hybridized carbons (Fsp3) is 0.364. The van der Waals surface area contributed by atoms with Crippen molar-refractivity contribution in [2.75, 3.05) is 12.4 Å². The number of rotatable bonds is 4. The van der Waals surface area contributed by atoms with Crippen LogP contribution in [0.3, 0.4) is 0 Å². The van der Waals surface area contributed by atoms with Crippen molar-refractivity contribution < 1.29 is 19.1 Å². The number of nitrogens with one attached hydrogen (secondary N) is 1. The average molecular weight is 251 g/mol. The molecule has 1 N–H and O–H groups in total. The van der Waals surface area contributed by atoms with Crippen LogP contribution < -0.4 is 5.32 Å². The van der Waals surface area contributed by atoms with Gasteiger partial charge in [0, 0.05) is 13.1 Å². The van der Waals surface area contributed by atoms with E-state index < -0.39 is 17.7 Å². The van der Waals surface area contributed by atoms with Crippen LogP contribution in [0.5, 0.6) is 0 Å². The fourth-order valence-electron chi connectivity index (χ4n) is 1.36. The van der Waals surface area contributed by atoms with E-state index in [4.69, 9.17) is 0 Å². The highest BCUT2D eigenvalue weighted by Gasteiger charge is 2.28. The lowest BCUT2D eigenvalue weighted by molar-refractivity contribution is -0.145. The van der Waals surface area contributed by atoms with Crippen molar-refractivity contribution in [3.63, 3.8) is 0 Å². The summed E-state index contributed by atoms with van der Waals surface area (Å²) in [5, 5.41) is 2.37. The fourth-order valence-corrected chi connectivity index (χ4v) is 1.36. The topological polar surface area (TPSA) is 98.3 Å². The maximum atomic E-state index is 11.5. The molecular weight excluding hydrogens is 238 g/mol. The van der Waals surface area contributed by atoms with Gasteiger partial charge in [-0.15, -0.1) is 0 Å². The van der Waals surface area contributed by atoms with Crippen LogP contribution in [0, 0.1) is 0 Å². The van der Waals surface area contributed by atoms with E-state index in [0.29, 0.717) is 0 Å². The highest BCUT2D eigenvalue weighted by atomic mass is 16.5. The number of ketones is 1. The number of anilines is 1. The maximum absolute atomic E-state index is 11.5. The van der Waals surface area contributed by atoms with E-state index in [1.807, 2.05) is 0 Å². The van der Waals surface area contributed by atoms with Gasteiger partial charge in [0.1, 0.15) is 5.78 Å². The second-order valence-corrected chi connectivity index (χ2v) is 3.55. The van der Waals surface area contributed by atoms with Crippen molar-refractivity contribution in [3.8, 4) is 0 Å². The predicted octanol–water partition coefficient (Wildman–Crippen LogP) is 0.281. The second-order valence-electron chi connectivity index (χ2n) is 3.55. The van der Waals surface area contributed by atoms with E-state index >= 15 is 0 Å². The number of Topliss-reactive ketones (excluding diaryl/α,β-unsaturated/α-hetero) is 1. The van der Waals surface area contributed by atoms with Gasteiger partial charge in [0.25, 0.3) is 0 Å². The van der Waals surface area contributed by atoms with E-state index in [0.717, 1.165) is 0 Å². The van der Waals surface area contributed by atoms with Crippen molar-refractivity contribution in [1.82, 2.24) is 9.97 Å². The van der Waals surface area contributed by atoms with Gasteiger partial charge in [-0.05, 0) is 13.0 Å². The van der Waals surface area contributed by atoms with Crippen molar-refractivity contribution in [2.45, 2.75) is 19.8 Å². The Labute approximate surface area is 104 Å². The normalized spacial score (nSPS) is 11.5. The molecule has 0 radical (unpaired) electrons. The number of esters is 1. The molecule has 0 aromatic carbocycles. The Bertz CT molecular complexity index is 487. The summed E-state index contributed by atoms with van der Waals surface area (Å²) in [6.45, 7) is 2.57. The molecule has 1 atom stereocenters. The van der Waals surface area contributed by atoms with E-state index in [9.17, 15) is 14.4 Å². The van der Waals surface area contributed by atoms with Crippen LogP contribution >= 0.6 is 0 Å². The number of carbonyl (C=O) groups excluding carboxylic acids is 3. The van der Waals surface area contributed by atoms with Crippen LogP contribution in [0.2, 0.25) is 0 Å². The minimum absolute atomic E-state index is 0.0372. The molecule has 0 aliphatic rings. The van der Waals surface area contributed by atoms with E-state index in [2.05, 4.69) is 20.0 Å². The van der Waals surface area contributed by atoms with Gasteiger partial charge < -0.3 is 4.74 Å². The first-order valence-electron chi connectivity index (χ1n) is 5.14. The summed E-state index contributed by atoms with van der Waals surface area (Å²) in [5.74, 6) is -2.51. The summed E-state index contributed by atoms with van der Waals surface area (Å²) >= 11 is 0. The second kappa shape index (κ2) is 5.85. The Morgan fingerprint density at radius 2 is 2.00 bits per heavy atom. The van der Waals surface area contributed by atoms with Crippen molar-refractivity contribution >= 4 is 23.6 Å². The van der Waals surface area contributed by atoms with Gasteiger partial charge in [0.2, 0.25) is 11.9 Å². The van der Waals surface area contributed by atoms with Crippen LogP contribution in [0.25, 0.3) is 0 Å². The summed E-state index contributed by atoms with van der Waals surface area (Å²) in [5.41, 5.74) is 0.188. The molecule has 1 aromatic heterocycles. The molecule has 0 fully saturated rings. The molecule has 18 heavy (non-hydrogen) atoms. The maximum Gasteiger partial charge on any atom is 0.322 e. The molecule has 1 amide bonds. The molecule has 7 heteroatoms. The van der Waals surface area contributed by atoms with Gasteiger partial charge in [-0.3, -0.25) is 19.7 Å². The molecule has 0 saturated carbocycles. The highest BCUT2D eigenvalue weighted by Crippen LogP contribution is 2.17. The summed E-state index contributed by atoms with van der Waals surface area (Å²) in [7, 11) is 1.19. The third-order valence-electron chi connectivity index (χ3n) is 2.10. The molecule has 96 valence electrons. The lowest BCUT2D eigenvalue weighted by Crippen LogP contribution is -2.23. The van der Waals surface area contributed by atoms with Crippen LogP contribution in [-0.2, 0) is 19.1 Å². The number of nitrogens with zero attached hydrogens (tertiary/aromatic N) is 2. The monoisotopic (exact) mass is 251 g/mol. The van der Waals surface area contributed by atoms with Gasteiger partial charge in [0.05, 0.1) is 12.8 Å². The lowest BCUT2D eigenvalue weighted by Gasteiger charge is -2.11. The molecule has 1 aromatic rings. The number of amides is 1. The number of methoxy groups -OCH3 is 1. The average Bonchev–Trinajstić information content (AvgIpc) is 2.28. The van der Waals surface area contributed by atoms with Gasteiger partial charge in [-0.25, -0.2) is 9.97 Å².